The summed E-state index contributed by atoms with van der Waals surface area (Å²) in [6.07, 6.45) is 1.89. The quantitative estimate of drug-likeness (QED) is 0.177. The maximum atomic E-state index is 8.42. The van der Waals surface area contributed by atoms with Gasteiger partial charge in [-0.05, 0) is 204 Å². The molecule has 0 atom stereocenters. The number of rotatable bonds is 3. The predicted octanol–water partition coefficient (Wildman–Crippen LogP) is 22.2. The van der Waals surface area contributed by atoms with Gasteiger partial charge in [-0.1, -0.05) is 224 Å². The highest BCUT2D eigenvalue weighted by molar-refractivity contribution is 6.32. The maximum Gasteiger partial charge on any atom is 0.220 e. The molecule has 0 bridgehead atoms. The zero-order chi connectivity index (χ0) is 60.9. The van der Waals surface area contributed by atoms with Gasteiger partial charge in [-0.15, -0.1) is 0 Å². The van der Waals surface area contributed by atoms with E-state index in [1.807, 2.05) is 36.5 Å². The molecular weight excluding hydrogens is 1080 g/mol. The second kappa shape index (κ2) is 19.1. The van der Waals surface area contributed by atoms with E-state index in [1.165, 1.54) is 70.0 Å². The molecule has 1 aliphatic carbocycles. The summed E-state index contributed by atoms with van der Waals surface area (Å²) in [5.74, 6) is 1.27. The normalized spacial score (nSPS) is 12.7. The van der Waals surface area contributed by atoms with Crippen LogP contribution in [-0.4, -0.2) is 23.9 Å². The highest BCUT2D eigenvalue weighted by atomic mass is 15.2. The lowest BCUT2D eigenvalue weighted by molar-refractivity contribution is 1.11. The van der Waals surface area contributed by atoms with Crippen molar-refractivity contribution in [2.75, 3.05) is 0 Å². The lowest BCUT2D eigenvalue weighted by Gasteiger charge is -2.24. The van der Waals surface area contributed by atoms with Gasteiger partial charge < -0.3 is 0 Å². The van der Waals surface area contributed by atoms with Crippen LogP contribution in [0.2, 0.25) is 0 Å². The van der Waals surface area contributed by atoms with Crippen molar-refractivity contribution in [1.29, 1.82) is 0 Å². The first kappa shape index (κ1) is 46.5. The SMILES string of the molecule is [2H]C([2H])([2H])c1cccc2c1nc1n(-c3ccc4c(c3)-c3ccccc3-c3ccccc3-c3cc(-c5nccc(-c6ccc7c8ccccc8c8cc9c%10ccccc%10c%10ccccc%10c%10ccccc%10c9cc8c8ccccc8c7c6)n5)ccc3-4)c3ccccc3n21. The molecule has 5 nitrogen and oxygen atoms in total. The Kier molecular flexibility index (Phi) is 9.98. The van der Waals surface area contributed by atoms with Crippen molar-refractivity contribution in [2.45, 2.75) is 6.85 Å². The van der Waals surface area contributed by atoms with E-state index in [4.69, 9.17) is 19.1 Å². The molecule has 0 saturated heterocycles. The van der Waals surface area contributed by atoms with E-state index < -0.39 is 6.85 Å². The molecule has 412 valence electrons. The third-order valence-corrected chi connectivity index (χ3v) is 18.9. The molecule has 89 heavy (non-hydrogen) atoms. The molecule has 3 heterocycles. The molecule has 0 aliphatic heterocycles. The first-order valence-corrected chi connectivity index (χ1v) is 30.3. The lowest BCUT2D eigenvalue weighted by Crippen LogP contribution is -2.01. The fourth-order valence-electron chi connectivity index (χ4n) is 14.9. The zero-order valence-corrected chi connectivity index (χ0v) is 47.9. The number of hydrogen-bond donors (Lipinski definition) is 0. The van der Waals surface area contributed by atoms with Crippen LogP contribution in [0.3, 0.4) is 0 Å². The van der Waals surface area contributed by atoms with Crippen LogP contribution < -0.4 is 0 Å². The minimum atomic E-state index is -2.33. The standard InChI is InChI=1S/C84H51N5/c1-50-19-18-36-81-82(50)87-84-88(79-34-16-17-35-80(79)89(81)84)53-39-42-70-69-41-38-52(46-72(69)61-27-9-4-24-58(61)59-25-5-10-28-62(59)73(70)47-53)83-85-44-43-78(86-83)51-37-40-68-60-26-8-13-31-65(60)76-48-74-63-29-11-6-22-56(63)54-20-2-3-21-55(54)57-23-7-12-30-64(57)75(74)49-77(76)67-33-15-14-32-66(67)71(68)45-51/h2-49H,1H3/i1D3. The molecule has 0 fully saturated rings. The van der Waals surface area contributed by atoms with Crippen molar-refractivity contribution < 1.29 is 4.11 Å². The summed E-state index contributed by atoms with van der Waals surface area (Å²) in [6, 6.07) is 103. The average Bonchev–Trinajstić information content (AvgIpc) is 1.14. The van der Waals surface area contributed by atoms with E-state index in [2.05, 4.69) is 258 Å². The van der Waals surface area contributed by atoms with E-state index >= 15 is 0 Å². The topological polar surface area (TPSA) is 48.0 Å². The van der Waals surface area contributed by atoms with Crippen molar-refractivity contribution in [2.24, 2.45) is 0 Å². The molecule has 0 radical (unpaired) electrons. The molecule has 5 heteroatoms. The summed E-state index contributed by atoms with van der Waals surface area (Å²) in [6.45, 7) is -2.33. The number of para-hydroxylation sites is 3. The van der Waals surface area contributed by atoms with Gasteiger partial charge in [0.25, 0.3) is 0 Å². The Labute approximate surface area is 515 Å². The largest absolute Gasteiger partial charge is 0.278 e. The van der Waals surface area contributed by atoms with Crippen LogP contribution in [0, 0.1) is 6.85 Å². The lowest BCUT2D eigenvalue weighted by atomic mass is 9.80. The molecular formula is C84H51N5. The Balaban J connectivity index is 0.790. The first-order valence-electron chi connectivity index (χ1n) is 31.8. The maximum absolute atomic E-state index is 8.42. The van der Waals surface area contributed by atoms with E-state index in [1.54, 1.807) is 6.07 Å². The van der Waals surface area contributed by atoms with Gasteiger partial charge in [0.15, 0.2) is 5.82 Å². The fourth-order valence-corrected chi connectivity index (χ4v) is 14.9. The predicted molar refractivity (Wildman–Crippen MR) is 374 cm³/mol. The molecule has 0 saturated carbocycles. The minimum Gasteiger partial charge on any atom is -0.278 e. The molecule has 0 spiro atoms. The van der Waals surface area contributed by atoms with E-state index in [9.17, 15) is 0 Å². The van der Waals surface area contributed by atoms with Crippen molar-refractivity contribution in [1.82, 2.24) is 23.9 Å². The minimum absolute atomic E-state index is 0.234. The second-order valence-corrected chi connectivity index (χ2v) is 23.5. The second-order valence-electron chi connectivity index (χ2n) is 23.5. The molecule has 1 aliphatic rings. The summed E-state index contributed by atoms with van der Waals surface area (Å²) in [5.41, 5.74) is 15.7. The van der Waals surface area contributed by atoms with Gasteiger partial charge >= 0.3 is 0 Å². The summed E-state index contributed by atoms with van der Waals surface area (Å²) in [7, 11) is 0. The molecule has 18 aromatic rings. The van der Waals surface area contributed by atoms with Crippen LogP contribution in [0.1, 0.15) is 9.68 Å². The van der Waals surface area contributed by atoms with E-state index in [0.29, 0.717) is 17.1 Å². The fraction of sp³-hybridized carbons (Fsp3) is 0.0119. The Hall–Kier alpha value is -11.8. The summed E-state index contributed by atoms with van der Waals surface area (Å²) in [5, 5.41) is 19.1. The van der Waals surface area contributed by atoms with Gasteiger partial charge in [0.05, 0.1) is 27.8 Å². The number of benzene rings is 13. The number of fused-ring (bicyclic) bond motifs is 29. The summed E-state index contributed by atoms with van der Waals surface area (Å²) >= 11 is 0. The van der Waals surface area contributed by atoms with Crippen molar-refractivity contribution in [3.05, 3.63) is 297 Å². The molecule has 19 rings (SSSR count). The molecule has 0 unspecified atom stereocenters. The van der Waals surface area contributed by atoms with Crippen LogP contribution >= 0.6 is 0 Å². The highest BCUT2D eigenvalue weighted by Crippen LogP contribution is 2.50. The van der Waals surface area contributed by atoms with Crippen LogP contribution in [0.25, 0.3) is 187 Å². The first-order chi connectivity index (χ1) is 45.3. The molecule has 0 N–H and O–H groups in total. The number of aromatic nitrogens is 5. The van der Waals surface area contributed by atoms with Gasteiger partial charge in [0.2, 0.25) is 5.78 Å². The molecule has 3 aromatic heterocycles. The monoisotopic (exact) mass is 1130 g/mol. The Bertz CT molecular complexity index is 6330. The Morgan fingerprint density at radius 1 is 0.292 bits per heavy atom. The number of aryl methyl sites for hydroxylation is 1. The van der Waals surface area contributed by atoms with Crippen LogP contribution in [0.4, 0.5) is 0 Å². The zero-order valence-electron chi connectivity index (χ0n) is 50.9. The average molecular weight is 1130 g/mol. The van der Waals surface area contributed by atoms with Gasteiger partial charge in [-0.25, -0.2) is 15.0 Å². The Morgan fingerprint density at radius 2 is 0.708 bits per heavy atom. The summed E-state index contributed by atoms with van der Waals surface area (Å²) < 4.78 is 29.5. The van der Waals surface area contributed by atoms with Gasteiger partial charge in [-0.2, -0.15) is 0 Å². The van der Waals surface area contributed by atoms with E-state index in [0.717, 1.165) is 99.7 Å². The number of nitrogens with zero attached hydrogens (tertiary/aromatic N) is 5. The van der Waals surface area contributed by atoms with Gasteiger partial charge in [0.1, 0.15) is 0 Å². The van der Waals surface area contributed by atoms with Crippen LogP contribution in [-0.2, 0) is 0 Å². The number of hydrogen-bond acceptors (Lipinski definition) is 3. The third-order valence-electron chi connectivity index (χ3n) is 18.9. The van der Waals surface area contributed by atoms with Crippen LogP contribution in [0.15, 0.2) is 291 Å². The summed E-state index contributed by atoms with van der Waals surface area (Å²) in [4.78, 5) is 15.6. The van der Waals surface area contributed by atoms with Gasteiger partial charge in [-0.3, -0.25) is 8.97 Å². The smallest absolute Gasteiger partial charge is 0.220 e. The van der Waals surface area contributed by atoms with E-state index in [-0.39, 0.29) is 5.56 Å². The molecule has 15 aromatic carbocycles. The van der Waals surface area contributed by atoms with Crippen molar-refractivity contribution in [3.8, 4) is 72.8 Å². The number of imidazole rings is 2. The van der Waals surface area contributed by atoms with Gasteiger partial charge in [0, 0.05) is 27.1 Å². The molecule has 0 amide bonds. The third kappa shape index (κ3) is 7.33. The Morgan fingerprint density at radius 3 is 1.25 bits per heavy atom. The van der Waals surface area contributed by atoms with Crippen LogP contribution in [0.5, 0.6) is 0 Å². The van der Waals surface area contributed by atoms with Crippen molar-refractivity contribution >= 4 is 114 Å². The highest BCUT2D eigenvalue weighted by Gasteiger charge is 2.26. The van der Waals surface area contributed by atoms with Crippen molar-refractivity contribution in [3.63, 3.8) is 0 Å².